The van der Waals surface area contributed by atoms with Crippen molar-refractivity contribution in [3.63, 3.8) is 0 Å². The van der Waals surface area contributed by atoms with Crippen LogP contribution in [0.25, 0.3) is 0 Å². The van der Waals surface area contributed by atoms with Crippen molar-refractivity contribution in [2.45, 2.75) is 148 Å². The number of phosphoric acid groups is 1. The lowest BCUT2D eigenvalue weighted by atomic mass is 10.1. The molecule has 0 aliphatic heterocycles. The molecule has 288 valence electrons. The Morgan fingerprint density at radius 1 is 0.660 bits per heavy atom. The molecule has 0 aliphatic carbocycles. The number of nitrogens with two attached hydrogens (primary N) is 1. The highest BCUT2D eigenvalue weighted by Crippen LogP contribution is 2.43. The molecule has 0 aromatic rings. The van der Waals surface area contributed by atoms with Gasteiger partial charge in [0.25, 0.3) is 0 Å². The summed E-state index contributed by atoms with van der Waals surface area (Å²) in [6.45, 7) is 3.62. The van der Waals surface area contributed by atoms with Gasteiger partial charge in [-0.1, -0.05) is 120 Å². The minimum Gasteiger partial charge on any atom is -0.480 e. The van der Waals surface area contributed by atoms with Crippen LogP contribution in [0.3, 0.4) is 0 Å². The number of allylic oxidation sites excluding steroid dienone is 10. The molecule has 0 saturated heterocycles. The average Bonchev–Trinajstić information content (AvgIpc) is 3.09. The van der Waals surface area contributed by atoms with E-state index in [1.54, 1.807) is 0 Å². The number of rotatable bonds is 35. The van der Waals surface area contributed by atoms with Crippen LogP contribution in [0, 0.1) is 0 Å². The number of unbranched alkanes of at least 4 members (excludes halogenated alkanes) is 11. The van der Waals surface area contributed by atoms with Gasteiger partial charge in [0.1, 0.15) is 12.1 Å². The Morgan fingerprint density at radius 2 is 1.16 bits per heavy atom. The summed E-state index contributed by atoms with van der Waals surface area (Å²) < 4.78 is 33.2. The number of hydrogen-bond acceptors (Lipinski definition) is 8. The molecule has 0 saturated carbocycles. The first-order valence-electron chi connectivity index (χ1n) is 18.8. The van der Waals surface area contributed by atoms with Crippen molar-refractivity contribution in [1.29, 1.82) is 0 Å². The van der Waals surface area contributed by atoms with Crippen LogP contribution >= 0.6 is 7.82 Å². The summed E-state index contributed by atoms with van der Waals surface area (Å²) in [5.74, 6) is -1.81. The number of carboxylic acids is 1. The fourth-order valence-corrected chi connectivity index (χ4v) is 5.35. The second-order valence-corrected chi connectivity index (χ2v) is 13.8. The van der Waals surface area contributed by atoms with Gasteiger partial charge in [-0.05, 0) is 70.6 Å². The standard InChI is InChI=1S/C39H68NO9P/c1-3-5-7-9-11-13-15-17-19-21-23-25-27-29-31-38(41)49-36(34-47-50(44,45)48-35-37(40)39(42)43)33-46-32-30-28-26-24-22-20-18-16-14-12-10-8-6-4-2/h6,8-9,11-12,14-15,17-18,20,36-37H,3-5,7,10,13,16,19,21-35,40H2,1-2H3,(H,42,43)(H,44,45)/b8-6-,11-9-,14-12-,17-15-,20-18-. The first-order chi connectivity index (χ1) is 24.2. The second-order valence-electron chi connectivity index (χ2n) is 12.3. The highest BCUT2D eigenvalue weighted by Gasteiger charge is 2.27. The lowest BCUT2D eigenvalue weighted by Crippen LogP contribution is -2.34. The third-order valence-electron chi connectivity index (χ3n) is 7.53. The van der Waals surface area contributed by atoms with Crippen LogP contribution in [-0.4, -0.2) is 60.5 Å². The van der Waals surface area contributed by atoms with Gasteiger partial charge >= 0.3 is 19.8 Å². The van der Waals surface area contributed by atoms with E-state index in [9.17, 15) is 19.0 Å². The highest BCUT2D eigenvalue weighted by molar-refractivity contribution is 7.47. The van der Waals surface area contributed by atoms with Gasteiger partial charge < -0.3 is 25.2 Å². The van der Waals surface area contributed by atoms with Crippen LogP contribution in [-0.2, 0) is 32.7 Å². The van der Waals surface area contributed by atoms with Crippen LogP contribution < -0.4 is 5.73 Å². The molecule has 50 heavy (non-hydrogen) atoms. The first-order valence-corrected chi connectivity index (χ1v) is 20.3. The van der Waals surface area contributed by atoms with Crippen LogP contribution in [0.4, 0.5) is 0 Å². The van der Waals surface area contributed by atoms with Crippen LogP contribution in [0.2, 0.25) is 0 Å². The van der Waals surface area contributed by atoms with Crippen molar-refractivity contribution in [3.05, 3.63) is 60.8 Å². The Balaban J connectivity index is 4.40. The molecule has 4 N–H and O–H groups in total. The summed E-state index contributed by atoms with van der Waals surface area (Å²) in [5, 5.41) is 8.86. The third-order valence-corrected chi connectivity index (χ3v) is 8.48. The monoisotopic (exact) mass is 725 g/mol. The van der Waals surface area contributed by atoms with Gasteiger partial charge in [0, 0.05) is 13.0 Å². The zero-order chi connectivity index (χ0) is 37.0. The van der Waals surface area contributed by atoms with E-state index in [0.717, 1.165) is 96.3 Å². The third kappa shape index (κ3) is 34.1. The predicted octanol–water partition coefficient (Wildman–Crippen LogP) is 9.69. The molecular formula is C39H68NO9P. The number of phosphoric ester groups is 1. The largest absolute Gasteiger partial charge is 0.480 e. The van der Waals surface area contributed by atoms with Gasteiger partial charge in [-0.15, -0.1) is 0 Å². The molecule has 0 fully saturated rings. The van der Waals surface area contributed by atoms with Crippen molar-refractivity contribution >= 4 is 19.8 Å². The highest BCUT2D eigenvalue weighted by atomic mass is 31.2. The summed E-state index contributed by atoms with van der Waals surface area (Å²) in [4.78, 5) is 33.4. The van der Waals surface area contributed by atoms with E-state index in [1.807, 2.05) is 0 Å². The van der Waals surface area contributed by atoms with Gasteiger partial charge in [-0.2, -0.15) is 0 Å². The normalized spacial score (nSPS) is 14.8. The predicted molar refractivity (Wildman–Crippen MR) is 203 cm³/mol. The molecule has 0 bridgehead atoms. The summed E-state index contributed by atoms with van der Waals surface area (Å²) >= 11 is 0. The van der Waals surface area contributed by atoms with Crippen molar-refractivity contribution in [2.24, 2.45) is 5.73 Å². The molecule has 0 amide bonds. The fraction of sp³-hybridized carbons (Fsp3) is 0.692. The number of ether oxygens (including phenoxy) is 2. The van der Waals surface area contributed by atoms with Gasteiger partial charge in [-0.3, -0.25) is 18.6 Å². The molecule has 10 nitrogen and oxygen atoms in total. The summed E-state index contributed by atoms with van der Waals surface area (Å²) in [6, 6.07) is -1.48. The van der Waals surface area contributed by atoms with Crippen LogP contribution in [0.1, 0.15) is 136 Å². The zero-order valence-corrected chi connectivity index (χ0v) is 31.9. The van der Waals surface area contributed by atoms with Gasteiger partial charge in [0.2, 0.25) is 0 Å². The number of carboxylic acid groups (broad SMARTS) is 1. The Kier molecular flexibility index (Phi) is 33.5. The molecule has 0 heterocycles. The first kappa shape index (κ1) is 47.7. The molecule has 3 atom stereocenters. The van der Waals surface area contributed by atoms with Crippen LogP contribution in [0.15, 0.2) is 60.8 Å². The minimum atomic E-state index is -4.62. The smallest absolute Gasteiger partial charge is 0.472 e. The average molecular weight is 726 g/mol. The lowest BCUT2D eigenvalue weighted by molar-refractivity contribution is -0.154. The number of aliphatic carboxylic acids is 1. The second kappa shape index (κ2) is 35.1. The Labute approximate surface area is 302 Å². The summed E-state index contributed by atoms with van der Waals surface area (Å²) in [7, 11) is -4.62. The van der Waals surface area contributed by atoms with E-state index in [4.69, 9.17) is 24.8 Å². The van der Waals surface area contributed by atoms with Crippen molar-refractivity contribution in [1.82, 2.24) is 0 Å². The zero-order valence-electron chi connectivity index (χ0n) is 31.0. The SMILES string of the molecule is CC/C=C\C/C=C\C/C=C\CCCCCCOCC(COP(=O)(O)OCC(N)C(=O)O)OC(=O)CCCCCCC/C=C\C/C=C\CCCC. The molecule has 0 aromatic heterocycles. The molecule has 0 aromatic carbocycles. The number of carbonyl (C=O) groups is 2. The maximum atomic E-state index is 12.6. The van der Waals surface area contributed by atoms with E-state index in [2.05, 4.69) is 79.1 Å². The molecule has 0 radical (unpaired) electrons. The molecule has 0 rings (SSSR count). The van der Waals surface area contributed by atoms with E-state index < -0.39 is 45.1 Å². The fourth-order valence-electron chi connectivity index (χ4n) is 4.57. The van der Waals surface area contributed by atoms with E-state index in [-0.39, 0.29) is 13.0 Å². The van der Waals surface area contributed by atoms with Crippen molar-refractivity contribution < 1.29 is 42.7 Å². The topological polar surface area (TPSA) is 155 Å². The maximum absolute atomic E-state index is 12.6. The molecule has 3 unspecified atom stereocenters. The Hall–Kier alpha value is -2.33. The van der Waals surface area contributed by atoms with E-state index >= 15 is 0 Å². The molecule has 0 aliphatic rings. The summed E-state index contributed by atoms with van der Waals surface area (Å²) in [6.07, 6.45) is 39.9. The van der Waals surface area contributed by atoms with Crippen molar-refractivity contribution in [3.8, 4) is 0 Å². The molecule has 0 spiro atoms. The maximum Gasteiger partial charge on any atom is 0.472 e. The molecule has 11 heteroatoms. The Morgan fingerprint density at radius 3 is 1.74 bits per heavy atom. The number of carbonyl (C=O) groups excluding carboxylic acids is 1. The van der Waals surface area contributed by atoms with Gasteiger partial charge in [0.05, 0.1) is 19.8 Å². The quantitative estimate of drug-likeness (QED) is 0.0249. The van der Waals surface area contributed by atoms with Gasteiger partial charge in [-0.25, -0.2) is 4.57 Å². The minimum absolute atomic E-state index is 0.00702. The number of hydrogen-bond donors (Lipinski definition) is 3. The lowest BCUT2D eigenvalue weighted by Gasteiger charge is -2.20. The van der Waals surface area contributed by atoms with Crippen LogP contribution in [0.5, 0.6) is 0 Å². The number of esters is 1. The van der Waals surface area contributed by atoms with Gasteiger partial charge in [0.15, 0.2) is 0 Å². The van der Waals surface area contributed by atoms with Crippen molar-refractivity contribution in [2.75, 3.05) is 26.4 Å². The summed E-state index contributed by atoms with van der Waals surface area (Å²) in [5.41, 5.74) is 5.33. The van der Waals surface area contributed by atoms with E-state index in [0.29, 0.717) is 13.0 Å². The Bertz CT molecular complexity index is 1030. The molecular weight excluding hydrogens is 657 g/mol. The van der Waals surface area contributed by atoms with E-state index in [1.165, 1.54) is 12.8 Å².